The summed E-state index contributed by atoms with van der Waals surface area (Å²) in [7, 11) is 0. The zero-order valence-electron chi connectivity index (χ0n) is 8.97. The van der Waals surface area contributed by atoms with Crippen LogP contribution in [-0.2, 0) is 0 Å². The molecule has 88 valence electrons. The fourth-order valence-corrected chi connectivity index (χ4v) is 1.54. The smallest absolute Gasteiger partial charge is 0.166 e. The van der Waals surface area contributed by atoms with Gasteiger partial charge < -0.3 is 5.11 Å². The average molecular weight is 238 g/mol. The molecule has 0 heterocycles. The summed E-state index contributed by atoms with van der Waals surface area (Å²) < 4.78 is 40.1. The Morgan fingerprint density at radius 1 is 0.941 bits per heavy atom. The van der Waals surface area contributed by atoms with E-state index in [9.17, 15) is 13.2 Å². The molecule has 4 heteroatoms. The van der Waals surface area contributed by atoms with E-state index >= 15 is 0 Å². The van der Waals surface area contributed by atoms with Crippen molar-refractivity contribution in [2.45, 2.75) is 6.92 Å². The van der Waals surface area contributed by atoms with Crippen LogP contribution in [0.1, 0.15) is 5.56 Å². The van der Waals surface area contributed by atoms with Crippen LogP contribution >= 0.6 is 0 Å². The molecule has 0 aliphatic rings. The Bertz CT molecular complexity index is 579. The summed E-state index contributed by atoms with van der Waals surface area (Å²) in [6, 6.07) is 6.17. The van der Waals surface area contributed by atoms with Gasteiger partial charge in [0.15, 0.2) is 23.2 Å². The summed E-state index contributed by atoms with van der Waals surface area (Å²) in [5.41, 5.74) is 0.328. The molecule has 0 bridgehead atoms. The van der Waals surface area contributed by atoms with Crippen molar-refractivity contribution in [3.63, 3.8) is 0 Å². The largest absolute Gasteiger partial charge is 0.505 e. The molecule has 2 rings (SSSR count). The van der Waals surface area contributed by atoms with E-state index < -0.39 is 23.2 Å². The third-order valence-electron chi connectivity index (χ3n) is 2.53. The first-order valence-corrected chi connectivity index (χ1v) is 4.94. The van der Waals surface area contributed by atoms with Crippen molar-refractivity contribution in [3.05, 3.63) is 53.3 Å². The fraction of sp³-hybridized carbons (Fsp3) is 0.0769. The molecule has 2 aromatic rings. The maximum absolute atomic E-state index is 13.6. The number of aryl methyl sites for hydroxylation is 1. The van der Waals surface area contributed by atoms with Crippen LogP contribution in [0.5, 0.6) is 5.75 Å². The summed E-state index contributed by atoms with van der Waals surface area (Å²) in [6.07, 6.45) is 0. The summed E-state index contributed by atoms with van der Waals surface area (Å²) in [6.45, 7) is 1.44. The predicted molar refractivity (Wildman–Crippen MR) is 58.2 cm³/mol. The van der Waals surface area contributed by atoms with Gasteiger partial charge >= 0.3 is 0 Å². The lowest BCUT2D eigenvalue weighted by Crippen LogP contribution is -1.93. The van der Waals surface area contributed by atoms with Gasteiger partial charge in [-0.05, 0) is 30.2 Å². The van der Waals surface area contributed by atoms with E-state index in [4.69, 9.17) is 5.11 Å². The number of benzene rings is 2. The van der Waals surface area contributed by atoms with E-state index in [1.807, 2.05) is 0 Å². The topological polar surface area (TPSA) is 20.2 Å². The van der Waals surface area contributed by atoms with Gasteiger partial charge in [0.05, 0.1) is 0 Å². The van der Waals surface area contributed by atoms with Crippen LogP contribution in [0.25, 0.3) is 11.1 Å². The summed E-state index contributed by atoms with van der Waals surface area (Å²) in [5, 5.41) is 9.02. The van der Waals surface area contributed by atoms with Crippen LogP contribution in [0.3, 0.4) is 0 Å². The van der Waals surface area contributed by atoms with Crippen molar-refractivity contribution in [1.82, 2.24) is 0 Å². The van der Waals surface area contributed by atoms with Crippen molar-refractivity contribution in [2.24, 2.45) is 0 Å². The quantitative estimate of drug-likeness (QED) is 0.801. The van der Waals surface area contributed by atoms with Gasteiger partial charge in [-0.1, -0.05) is 18.2 Å². The molecule has 0 atom stereocenters. The van der Waals surface area contributed by atoms with Crippen LogP contribution in [0.4, 0.5) is 13.2 Å². The summed E-state index contributed by atoms with van der Waals surface area (Å²) in [5.74, 6) is -3.37. The van der Waals surface area contributed by atoms with Gasteiger partial charge in [-0.2, -0.15) is 0 Å². The monoisotopic (exact) mass is 238 g/mol. The van der Waals surface area contributed by atoms with Crippen molar-refractivity contribution in [3.8, 4) is 16.9 Å². The van der Waals surface area contributed by atoms with E-state index in [1.165, 1.54) is 25.1 Å². The highest BCUT2D eigenvalue weighted by atomic mass is 19.2. The molecule has 0 amide bonds. The molecule has 0 fully saturated rings. The first kappa shape index (κ1) is 11.5. The second-order valence-corrected chi connectivity index (χ2v) is 3.72. The Kier molecular flexibility index (Phi) is 2.79. The minimum absolute atomic E-state index is 0.0352. The second-order valence-electron chi connectivity index (χ2n) is 3.72. The minimum atomic E-state index is -1.02. The number of rotatable bonds is 1. The van der Waals surface area contributed by atoms with Crippen LogP contribution < -0.4 is 0 Å². The van der Waals surface area contributed by atoms with Gasteiger partial charge in [-0.25, -0.2) is 13.2 Å². The molecule has 0 aromatic heterocycles. The molecule has 17 heavy (non-hydrogen) atoms. The fourth-order valence-electron chi connectivity index (χ4n) is 1.54. The molecule has 0 aliphatic carbocycles. The van der Waals surface area contributed by atoms with E-state index in [1.54, 1.807) is 0 Å². The zero-order chi connectivity index (χ0) is 12.6. The molecule has 0 spiro atoms. The SMILES string of the molecule is Cc1ccc(-c2ccc(O)c(F)c2)c(F)c1F. The molecular formula is C13H9F3O. The molecule has 0 unspecified atom stereocenters. The molecule has 0 radical (unpaired) electrons. The maximum atomic E-state index is 13.6. The van der Waals surface area contributed by atoms with Crippen LogP contribution in [0, 0.1) is 24.4 Å². The van der Waals surface area contributed by atoms with Crippen molar-refractivity contribution < 1.29 is 18.3 Å². The number of aromatic hydroxyl groups is 1. The van der Waals surface area contributed by atoms with Gasteiger partial charge in [0.2, 0.25) is 0 Å². The van der Waals surface area contributed by atoms with Gasteiger partial charge in [0.25, 0.3) is 0 Å². The average Bonchev–Trinajstić information content (AvgIpc) is 2.30. The first-order valence-electron chi connectivity index (χ1n) is 4.94. The maximum Gasteiger partial charge on any atom is 0.166 e. The highest BCUT2D eigenvalue weighted by Gasteiger charge is 2.13. The van der Waals surface area contributed by atoms with Crippen LogP contribution in [0.2, 0.25) is 0 Å². The standard InChI is InChI=1S/C13H9F3O/c1-7-2-4-9(13(16)12(7)15)8-3-5-11(17)10(14)6-8/h2-6,17H,1H3. The number of phenolic OH excluding ortho intramolecular Hbond substituents is 1. The molecular weight excluding hydrogens is 229 g/mol. The summed E-state index contributed by atoms with van der Waals surface area (Å²) in [4.78, 5) is 0. The third kappa shape index (κ3) is 1.98. The molecule has 0 saturated carbocycles. The highest BCUT2D eigenvalue weighted by molar-refractivity contribution is 5.65. The highest BCUT2D eigenvalue weighted by Crippen LogP contribution is 2.28. The van der Waals surface area contributed by atoms with E-state index in [-0.39, 0.29) is 16.7 Å². The lowest BCUT2D eigenvalue weighted by Gasteiger charge is -2.06. The number of hydrogen-bond donors (Lipinski definition) is 1. The van der Waals surface area contributed by atoms with E-state index in [0.717, 1.165) is 12.1 Å². The molecule has 1 N–H and O–H groups in total. The lowest BCUT2D eigenvalue weighted by molar-refractivity contribution is 0.432. The van der Waals surface area contributed by atoms with Crippen molar-refractivity contribution >= 4 is 0 Å². The zero-order valence-corrected chi connectivity index (χ0v) is 8.97. The molecule has 2 aromatic carbocycles. The normalized spacial score (nSPS) is 10.6. The Labute approximate surface area is 96.1 Å². The van der Waals surface area contributed by atoms with E-state index in [2.05, 4.69) is 0 Å². The number of halogens is 3. The number of phenols is 1. The second kappa shape index (κ2) is 4.13. The van der Waals surface area contributed by atoms with Crippen LogP contribution in [-0.4, -0.2) is 5.11 Å². The molecule has 0 saturated heterocycles. The van der Waals surface area contributed by atoms with Gasteiger partial charge in [0, 0.05) is 5.56 Å². The Hall–Kier alpha value is -1.97. The number of hydrogen-bond acceptors (Lipinski definition) is 1. The lowest BCUT2D eigenvalue weighted by atomic mass is 10.0. The Balaban J connectivity index is 2.61. The van der Waals surface area contributed by atoms with Gasteiger partial charge in [0.1, 0.15) is 0 Å². The predicted octanol–water partition coefficient (Wildman–Crippen LogP) is 3.78. The van der Waals surface area contributed by atoms with Gasteiger partial charge in [-0.15, -0.1) is 0 Å². The minimum Gasteiger partial charge on any atom is -0.505 e. The third-order valence-corrected chi connectivity index (χ3v) is 2.53. The first-order chi connectivity index (χ1) is 8.00. The van der Waals surface area contributed by atoms with Gasteiger partial charge in [-0.3, -0.25) is 0 Å². The van der Waals surface area contributed by atoms with Crippen LogP contribution in [0.15, 0.2) is 30.3 Å². The molecule has 0 aliphatic heterocycles. The van der Waals surface area contributed by atoms with Crippen molar-refractivity contribution in [1.29, 1.82) is 0 Å². The van der Waals surface area contributed by atoms with E-state index in [0.29, 0.717) is 0 Å². The Morgan fingerprint density at radius 3 is 2.29 bits per heavy atom. The molecule has 1 nitrogen and oxygen atoms in total. The Morgan fingerprint density at radius 2 is 1.65 bits per heavy atom. The summed E-state index contributed by atoms with van der Waals surface area (Å²) >= 11 is 0. The van der Waals surface area contributed by atoms with Crippen molar-refractivity contribution in [2.75, 3.05) is 0 Å².